The van der Waals surface area contributed by atoms with Crippen LogP contribution in [0.5, 0.6) is 5.75 Å². The fourth-order valence-electron chi connectivity index (χ4n) is 2.75. The van der Waals surface area contributed by atoms with E-state index in [1.807, 2.05) is 6.92 Å². The number of benzene rings is 1. The van der Waals surface area contributed by atoms with Crippen molar-refractivity contribution in [2.75, 3.05) is 33.3 Å². The number of rotatable bonds is 5. The number of nitrogens with zero attached hydrogens (tertiary/aromatic N) is 3. The third kappa shape index (κ3) is 3.45. The molecule has 1 aromatic carbocycles. The first-order valence-electron chi connectivity index (χ1n) is 7.77. The highest BCUT2D eigenvalue weighted by Gasteiger charge is 2.29. The van der Waals surface area contributed by atoms with E-state index in [4.69, 9.17) is 9.26 Å². The molecule has 8 heteroatoms. The van der Waals surface area contributed by atoms with E-state index in [1.165, 1.54) is 11.4 Å². The molecule has 130 valence electrons. The van der Waals surface area contributed by atoms with Gasteiger partial charge in [0, 0.05) is 44.4 Å². The summed E-state index contributed by atoms with van der Waals surface area (Å²) in [6.07, 6.45) is 1.72. The first kappa shape index (κ1) is 16.9. The normalized spacial score (nSPS) is 17.1. The van der Waals surface area contributed by atoms with Gasteiger partial charge in [0.25, 0.3) is 0 Å². The van der Waals surface area contributed by atoms with Crippen LogP contribution in [0.4, 0.5) is 0 Å². The quantitative estimate of drug-likeness (QED) is 0.812. The Bertz CT molecular complexity index is 795. The van der Waals surface area contributed by atoms with Crippen molar-refractivity contribution in [3.63, 3.8) is 0 Å². The Morgan fingerprint density at radius 2 is 2.00 bits per heavy atom. The van der Waals surface area contributed by atoms with Gasteiger partial charge in [0.05, 0.1) is 18.2 Å². The van der Waals surface area contributed by atoms with Crippen molar-refractivity contribution in [2.24, 2.45) is 0 Å². The third-order valence-electron chi connectivity index (χ3n) is 4.25. The number of sulfonamides is 1. The molecule has 0 atom stereocenters. The minimum absolute atomic E-state index is 0.269. The fourth-order valence-corrected chi connectivity index (χ4v) is 4.21. The van der Waals surface area contributed by atoms with Crippen molar-refractivity contribution in [1.82, 2.24) is 14.4 Å². The summed E-state index contributed by atoms with van der Waals surface area (Å²) in [5.74, 6) is 1.35. The zero-order valence-corrected chi connectivity index (χ0v) is 14.6. The number of hydrogen-bond donors (Lipinski definition) is 0. The molecule has 0 radical (unpaired) electrons. The molecule has 1 aliphatic rings. The van der Waals surface area contributed by atoms with Crippen LogP contribution in [0.3, 0.4) is 0 Å². The van der Waals surface area contributed by atoms with Crippen LogP contribution in [0.2, 0.25) is 0 Å². The van der Waals surface area contributed by atoms with Crippen LogP contribution in [0, 0.1) is 6.92 Å². The molecule has 0 spiro atoms. The highest BCUT2D eigenvalue weighted by Crippen LogP contribution is 2.22. The maximum Gasteiger partial charge on any atom is 0.243 e. The molecule has 2 heterocycles. The van der Waals surface area contributed by atoms with Crippen LogP contribution in [0.15, 0.2) is 39.9 Å². The summed E-state index contributed by atoms with van der Waals surface area (Å²) in [5, 5.41) is 3.78. The van der Waals surface area contributed by atoms with Crippen molar-refractivity contribution in [3.05, 3.63) is 41.8 Å². The van der Waals surface area contributed by atoms with E-state index in [0.717, 1.165) is 17.9 Å². The number of aromatic nitrogens is 1. The zero-order valence-electron chi connectivity index (χ0n) is 13.8. The molecule has 3 rings (SSSR count). The van der Waals surface area contributed by atoms with Gasteiger partial charge in [-0.2, -0.15) is 4.31 Å². The number of ether oxygens (including phenoxy) is 1. The Balaban J connectivity index is 1.66. The minimum Gasteiger partial charge on any atom is -0.497 e. The second-order valence-corrected chi connectivity index (χ2v) is 7.70. The van der Waals surface area contributed by atoms with E-state index in [2.05, 4.69) is 10.1 Å². The molecular weight excluding hydrogens is 330 g/mol. The van der Waals surface area contributed by atoms with Gasteiger partial charge in [0.15, 0.2) is 0 Å². The lowest BCUT2D eigenvalue weighted by molar-refractivity contribution is 0.181. The second kappa shape index (κ2) is 6.92. The predicted octanol–water partition coefficient (Wildman–Crippen LogP) is 1.50. The molecule has 1 aliphatic heterocycles. The molecule has 1 fully saturated rings. The highest BCUT2D eigenvalue weighted by molar-refractivity contribution is 7.89. The van der Waals surface area contributed by atoms with Gasteiger partial charge in [-0.3, -0.25) is 4.90 Å². The van der Waals surface area contributed by atoms with Crippen molar-refractivity contribution in [1.29, 1.82) is 0 Å². The maximum absolute atomic E-state index is 12.8. The average Bonchev–Trinajstić information content (AvgIpc) is 3.00. The zero-order chi connectivity index (χ0) is 17.2. The van der Waals surface area contributed by atoms with E-state index in [1.54, 1.807) is 30.5 Å². The third-order valence-corrected chi connectivity index (χ3v) is 6.15. The molecule has 24 heavy (non-hydrogen) atoms. The topological polar surface area (TPSA) is 75.9 Å². The predicted molar refractivity (Wildman–Crippen MR) is 88.3 cm³/mol. The van der Waals surface area contributed by atoms with Crippen molar-refractivity contribution >= 4 is 10.0 Å². The largest absolute Gasteiger partial charge is 0.497 e. The Morgan fingerprint density at radius 3 is 2.62 bits per heavy atom. The molecule has 0 saturated carbocycles. The van der Waals surface area contributed by atoms with Gasteiger partial charge in [-0.05, 0) is 19.1 Å². The van der Waals surface area contributed by atoms with Crippen molar-refractivity contribution in [3.8, 4) is 5.75 Å². The summed E-state index contributed by atoms with van der Waals surface area (Å²) in [7, 11) is -1.97. The molecule has 1 aromatic heterocycles. The molecule has 0 unspecified atom stereocenters. The van der Waals surface area contributed by atoms with Crippen molar-refractivity contribution < 1.29 is 17.7 Å². The lowest BCUT2D eigenvalue weighted by atomic mass is 10.2. The van der Waals surface area contributed by atoms with Gasteiger partial charge < -0.3 is 9.26 Å². The molecule has 0 bridgehead atoms. The number of piperazine rings is 1. The number of methoxy groups -OCH3 is 1. The lowest BCUT2D eigenvalue weighted by Gasteiger charge is -2.33. The average molecular weight is 351 g/mol. The summed E-state index contributed by atoms with van der Waals surface area (Å²) >= 11 is 0. The first-order chi connectivity index (χ1) is 11.5. The summed E-state index contributed by atoms with van der Waals surface area (Å²) in [5.41, 5.74) is 1.04. The lowest BCUT2D eigenvalue weighted by Crippen LogP contribution is -2.48. The SMILES string of the molecule is COc1cccc(S(=O)(=O)N2CCN(Cc3cnoc3C)CC2)c1. The molecule has 7 nitrogen and oxygen atoms in total. The Hall–Kier alpha value is -1.90. The minimum atomic E-state index is -3.49. The van der Waals surface area contributed by atoms with Gasteiger partial charge >= 0.3 is 0 Å². The van der Waals surface area contributed by atoms with Crippen LogP contribution in [0.25, 0.3) is 0 Å². The highest BCUT2D eigenvalue weighted by atomic mass is 32.2. The van der Waals surface area contributed by atoms with E-state index < -0.39 is 10.0 Å². The van der Waals surface area contributed by atoms with Crippen LogP contribution in [-0.2, 0) is 16.6 Å². The fraction of sp³-hybridized carbons (Fsp3) is 0.438. The van der Waals surface area contributed by atoms with Gasteiger partial charge in [-0.1, -0.05) is 11.2 Å². The number of hydrogen-bond acceptors (Lipinski definition) is 6. The summed E-state index contributed by atoms with van der Waals surface area (Å²) in [4.78, 5) is 2.47. The summed E-state index contributed by atoms with van der Waals surface area (Å²) in [6, 6.07) is 6.59. The van der Waals surface area contributed by atoms with E-state index in [-0.39, 0.29) is 4.90 Å². The molecule has 2 aromatic rings. The Labute approximate surface area is 141 Å². The van der Waals surface area contributed by atoms with Crippen LogP contribution in [-0.4, -0.2) is 56.1 Å². The summed E-state index contributed by atoms with van der Waals surface area (Å²) < 4.78 is 37.2. The van der Waals surface area contributed by atoms with Gasteiger partial charge in [-0.15, -0.1) is 0 Å². The van der Waals surface area contributed by atoms with Crippen LogP contribution in [0.1, 0.15) is 11.3 Å². The van der Waals surface area contributed by atoms with Crippen LogP contribution >= 0.6 is 0 Å². The van der Waals surface area contributed by atoms with Crippen LogP contribution < -0.4 is 4.74 Å². The van der Waals surface area contributed by atoms with E-state index in [0.29, 0.717) is 31.9 Å². The molecule has 0 aliphatic carbocycles. The van der Waals surface area contributed by atoms with E-state index in [9.17, 15) is 8.42 Å². The van der Waals surface area contributed by atoms with Gasteiger partial charge in [0.1, 0.15) is 11.5 Å². The molecular formula is C16H21N3O4S. The Morgan fingerprint density at radius 1 is 1.25 bits per heavy atom. The van der Waals surface area contributed by atoms with Gasteiger partial charge in [-0.25, -0.2) is 8.42 Å². The summed E-state index contributed by atoms with van der Waals surface area (Å²) in [6.45, 7) is 4.88. The van der Waals surface area contributed by atoms with Crippen molar-refractivity contribution in [2.45, 2.75) is 18.4 Å². The Kier molecular flexibility index (Phi) is 4.88. The second-order valence-electron chi connectivity index (χ2n) is 5.77. The standard InChI is InChI=1S/C16H21N3O4S/c1-13-14(11-17-23-13)12-18-6-8-19(9-7-18)24(20,21)16-5-3-4-15(10-16)22-2/h3-5,10-11H,6-9,12H2,1-2H3. The first-order valence-corrected chi connectivity index (χ1v) is 9.21. The van der Waals surface area contributed by atoms with Gasteiger partial charge in [0.2, 0.25) is 10.0 Å². The van der Waals surface area contributed by atoms with E-state index >= 15 is 0 Å². The number of aryl methyl sites for hydroxylation is 1. The molecule has 0 amide bonds. The smallest absolute Gasteiger partial charge is 0.243 e. The molecule has 1 saturated heterocycles. The monoisotopic (exact) mass is 351 g/mol. The maximum atomic E-state index is 12.8. The molecule has 0 N–H and O–H groups in total.